The first kappa shape index (κ1) is 41.1. The number of carbonyl (C=O) groups excluding carboxylic acids is 4. The lowest BCUT2D eigenvalue weighted by Gasteiger charge is -2.38. The Kier molecular flexibility index (Phi) is 13.2. The number of nitrogens with zero attached hydrogens (tertiary/aromatic N) is 4. The third-order valence-electron chi connectivity index (χ3n) is 8.97. The van der Waals surface area contributed by atoms with Gasteiger partial charge in [0.2, 0.25) is 5.91 Å². The van der Waals surface area contributed by atoms with Gasteiger partial charge in [-0.1, -0.05) is 12.1 Å². The summed E-state index contributed by atoms with van der Waals surface area (Å²) in [6.45, 7) is 17.3. The maximum atomic E-state index is 13.1. The van der Waals surface area contributed by atoms with Crippen molar-refractivity contribution in [2.45, 2.75) is 129 Å². The lowest BCUT2D eigenvalue weighted by Crippen LogP contribution is -2.60. The normalized spacial score (nSPS) is 18.8. The number of aromatic nitrogens is 2. The largest absolute Gasteiger partial charge is 0.444 e. The number of hydrogen-bond donors (Lipinski definition) is 4. The van der Waals surface area contributed by atoms with Gasteiger partial charge >= 0.3 is 23.9 Å². The van der Waals surface area contributed by atoms with Gasteiger partial charge in [0, 0.05) is 50.5 Å². The maximum absolute atomic E-state index is 13.1. The minimum Gasteiger partial charge on any atom is -0.444 e. The summed E-state index contributed by atoms with van der Waals surface area (Å²) in [5.41, 5.74) is -1.14. The average molecular weight is 739 g/mol. The molecule has 15 nitrogen and oxygen atoms in total. The first-order valence-corrected chi connectivity index (χ1v) is 18.5. The maximum Gasteiger partial charge on any atom is 0.408 e. The molecular formula is C38H58N8O7. The molecule has 15 heteroatoms. The molecular weight excluding hydrogens is 680 g/mol. The molecule has 2 heterocycles. The highest BCUT2D eigenvalue weighted by Crippen LogP contribution is 2.21. The zero-order valence-corrected chi connectivity index (χ0v) is 32.7. The lowest BCUT2D eigenvalue weighted by atomic mass is 9.90. The van der Waals surface area contributed by atoms with Crippen LogP contribution in [0.1, 0.15) is 93.6 Å². The van der Waals surface area contributed by atoms with Gasteiger partial charge in [-0.3, -0.25) is 14.7 Å². The summed E-state index contributed by atoms with van der Waals surface area (Å²) in [4.78, 5) is 70.7. The van der Waals surface area contributed by atoms with Crippen LogP contribution in [0, 0.1) is 0 Å². The van der Waals surface area contributed by atoms with Crippen LogP contribution in [0.2, 0.25) is 0 Å². The van der Waals surface area contributed by atoms with E-state index in [-0.39, 0.29) is 56.1 Å². The van der Waals surface area contributed by atoms with Gasteiger partial charge in [-0.05, 0) is 118 Å². The van der Waals surface area contributed by atoms with Gasteiger partial charge in [0.25, 0.3) is 0 Å². The number of anilines is 1. The summed E-state index contributed by atoms with van der Waals surface area (Å²) in [6, 6.07) is 9.64. The Bertz CT molecular complexity index is 1650. The molecule has 1 unspecified atom stereocenters. The molecule has 0 radical (unpaired) electrons. The number of benzene rings is 1. The SMILES string of the molecule is CC(Cc1ccc(-n2ccc(NC(=O)N3CCN(C(=O)C(C)(C)NC(=O)OC(C)(C)C)CC3)nc2=O)cc1)N[C@H]1CC[C@@H](NC(=O)OC(C)(C)C)CC1. The fourth-order valence-electron chi connectivity index (χ4n) is 6.46. The van der Waals surface area contributed by atoms with Crippen LogP contribution in [0.25, 0.3) is 5.69 Å². The minimum absolute atomic E-state index is 0.128. The van der Waals surface area contributed by atoms with Crippen LogP contribution >= 0.6 is 0 Å². The van der Waals surface area contributed by atoms with Crippen molar-refractivity contribution >= 4 is 29.9 Å². The molecule has 2 aliphatic rings. The highest BCUT2D eigenvalue weighted by molar-refractivity contribution is 5.90. The third kappa shape index (κ3) is 12.8. The van der Waals surface area contributed by atoms with Crippen molar-refractivity contribution in [2.24, 2.45) is 0 Å². The van der Waals surface area contributed by atoms with E-state index in [0.29, 0.717) is 11.7 Å². The zero-order valence-electron chi connectivity index (χ0n) is 32.7. The molecule has 292 valence electrons. The molecule has 1 aromatic carbocycles. The van der Waals surface area contributed by atoms with Gasteiger partial charge in [0.15, 0.2) is 0 Å². The molecule has 1 saturated heterocycles. The Morgan fingerprint density at radius 1 is 0.792 bits per heavy atom. The van der Waals surface area contributed by atoms with E-state index in [9.17, 15) is 24.0 Å². The van der Waals surface area contributed by atoms with Gasteiger partial charge in [-0.15, -0.1) is 0 Å². The van der Waals surface area contributed by atoms with Crippen LogP contribution < -0.4 is 27.0 Å². The number of hydrogen-bond acceptors (Lipinski definition) is 9. The Morgan fingerprint density at radius 3 is 1.91 bits per heavy atom. The van der Waals surface area contributed by atoms with E-state index in [1.54, 1.807) is 56.7 Å². The van der Waals surface area contributed by atoms with Crippen LogP contribution in [0.4, 0.5) is 20.2 Å². The fourth-order valence-corrected chi connectivity index (χ4v) is 6.46. The van der Waals surface area contributed by atoms with Crippen molar-refractivity contribution in [3.8, 4) is 5.69 Å². The van der Waals surface area contributed by atoms with Crippen molar-refractivity contribution in [3.63, 3.8) is 0 Å². The van der Waals surface area contributed by atoms with Gasteiger partial charge in [-0.2, -0.15) is 4.98 Å². The van der Waals surface area contributed by atoms with Crippen LogP contribution in [0.5, 0.6) is 0 Å². The Morgan fingerprint density at radius 2 is 1.34 bits per heavy atom. The average Bonchev–Trinajstić information content (AvgIpc) is 3.04. The third-order valence-corrected chi connectivity index (χ3v) is 8.97. The quantitative estimate of drug-likeness (QED) is 0.287. The second kappa shape index (κ2) is 17.0. The van der Waals surface area contributed by atoms with Crippen molar-refractivity contribution in [1.82, 2.24) is 35.3 Å². The topological polar surface area (TPSA) is 176 Å². The molecule has 2 fully saturated rings. The predicted octanol–water partition coefficient (Wildman–Crippen LogP) is 4.57. The van der Waals surface area contributed by atoms with Crippen LogP contribution in [0.3, 0.4) is 0 Å². The fraction of sp³-hybridized carbons (Fsp3) is 0.632. The summed E-state index contributed by atoms with van der Waals surface area (Å²) in [6.07, 6.45) is 5.11. The molecule has 1 aliphatic carbocycles. The standard InChI is InChI=1S/C38H58N8O7/c1-25(39-27-12-14-28(15-13-27)40-34(50)52-36(2,3)4)24-26-10-16-29(17-11-26)46-19-18-30(42-33(46)49)41-32(48)45-22-20-44(21-23-45)31(47)38(8,9)43-35(51)53-37(5,6)7/h10-11,16-19,25,27-28,39H,12-15,20-24H2,1-9H3,(H,40,50)(H,43,51)(H,41,42,48,49)/t25?,27-,28+. The highest BCUT2D eigenvalue weighted by atomic mass is 16.6. The van der Waals surface area contributed by atoms with Crippen molar-refractivity contribution in [3.05, 3.63) is 52.6 Å². The van der Waals surface area contributed by atoms with Crippen molar-refractivity contribution < 1.29 is 28.7 Å². The van der Waals surface area contributed by atoms with Crippen LogP contribution in [-0.2, 0) is 20.7 Å². The van der Waals surface area contributed by atoms with E-state index in [2.05, 4.69) is 33.2 Å². The van der Waals surface area contributed by atoms with E-state index in [4.69, 9.17) is 9.47 Å². The number of amides is 5. The van der Waals surface area contributed by atoms with E-state index in [1.807, 2.05) is 45.0 Å². The number of ether oxygens (including phenoxy) is 2. The summed E-state index contributed by atoms with van der Waals surface area (Å²) in [7, 11) is 0. The highest BCUT2D eigenvalue weighted by Gasteiger charge is 2.37. The number of piperazine rings is 1. The first-order valence-electron chi connectivity index (χ1n) is 18.5. The smallest absolute Gasteiger partial charge is 0.408 e. The number of nitrogens with one attached hydrogen (secondary N) is 4. The molecule has 1 aliphatic heterocycles. The second-order valence-electron chi connectivity index (χ2n) is 16.6. The Balaban J connectivity index is 1.21. The van der Waals surface area contributed by atoms with Crippen LogP contribution in [0.15, 0.2) is 41.3 Å². The summed E-state index contributed by atoms with van der Waals surface area (Å²) >= 11 is 0. The molecule has 4 N–H and O–H groups in total. The second-order valence-corrected chi connectivity index (χ2v) is 16.6. The number of urea groups is 1. The van der Waals surface area contributed by atoms with E-state index in [0.717, 1.165) is 37.7 Å². The minimum atomic E-state index is -1.19. The molecule has 5 amide bonds. The van der Waals surface area contributed by atoms with Crippen molar-refractivity contribution in [2.75, 3.05) is 31.5 Å². The predicted molar refractivity (Wildman–Crippen MR) is 202 cm³/mol. The van der Waals surface area contributed by atoms with Gasteiger partial charge in [0.05, 0.1) is 5.69 Å². The summed E-state index contributed by atoms with van der Waals surface area (Å²) in [5.74, 6) is -0.151. The number of carbonyl (C=O) groups is 4. The zero-order chi connectivity index (χ0) is 39.1. The molecule has 2 aromatic rings. The monoisotopic (exact) mass is 738 g/mol. The molecule has 1 atom stereocenters. The van der Waals surface area contributed by atoms with Gasteiger partial charge in [-0.25, -0.2) is 19.2 Å². The summed E-state index contributed by atoms with van der Waals surface area (Å²) < 4.78 is 12.1. The lowest BCUT2D eigenvalue weighted by molar-refractivity contribution is -0.138. The van der Waals surface area contributed by atoms with E-state index in [1.165, 1.54) is 4.57 Å². The molecule has 0 bridgehead atoms. The first-order chi connectivity index (χ1) is 24.7. The Hall–Kier alpha value is -4.66. The van der Waals surface area contributed by atoms with Gasteiger partial charge < -0.3 is 35.2 Å². The summed E-state index contributed by atoms with van der Waals surface area (Å²) in [5, 5.41) is 12.0. The number of alkyl carbamates (subject to hydrolysis) is 2. The molecule has 1 aromatic heterocycles. The molecule has 1 saturated carbocycles. The van der Waals surface area contributed by atoms with Gasteiger partial charge in [0.1, 0.15) is 22.6 Å². The van der Waals surface area contributed by atoms with E-state index >= 15 is 0 Å². The number of rotatable bonds is 9. The molecule has 53 heavy (non-hydrogen) atoms. The molecule has 4 rings (SSSR count). The Labute approximate surface area is 312 Å². The van der Waals surface area contributed by atoms with Crippen LogP contribution in [-0.4, -0.2) is 105 Å². The van der Waals surface area contributed by atoms with E-state index < -0.39 is 34.6 Å². The molecule has 0 spiro atoms. The van der Waals surface area contributed by atoms with Crippen molar-refractivity contribution in [1.29, 1.82) is 0 Å².